The maximum absolute atomic E-state index is 12.8. The molecule has 0 spiro atoms. The SMILES string of the molecule is O=C(c1cn2ccccc2n1)N1CCCC(S(=O)(=O)NC2CCCC2)C1. The highest BCUT2D eigenvalue weighted by Crippen LogP contribution is 2.23. The van der Waals surface area contributed by atoms with E-state index >= 15 is 0 Å². The molecule has 1 saturated carbocycles. The molecule has 7 nitrogen and oxygen atoms in total. The van der Waals surface area contributed by atoms with Gasteiger partial charge in [0.05, 0.1) is 5.25 Å². The topological polar surface area (TPSA) is 83.8 Å². The van der Waals surface area contributed by atoms with Crippen molar-refractivity contribution >= 4 is 21.6 Å². The van der Waals surface area contributed by atoms with Gasteiger partial charge in [-0.1, -0.05) is 18.9 Å². The standard InChI is InChI=1S/C18H24N4O3S/c23-18(16-13-21-10-4-3-9-17(21)19-16)22-11-5-8-15(12-22)26(24,25)20-14-6-1-2-7-14/h3-4,9-10,13-15,20H,1-2,5-8,11-12H2. The monoisotopic (exact) mass is 376 g/mol. The van der Waals surface area contributed by atoms with Gasteiger partial charge in [0.15, 0.2) is 0 Å². The highest BCUT2D eigenvalue weighted by atomic mass is 32.2. The zero-order valence-electron chi connectivity index (χ0n) is 14.7. The zero-order chi connectivity index (χ0) is 18.1. The van der Waals surface area contributed by atoms with Gasteiger partial charge in [-0.15, -0.1) is 0 Å². The second-order valence-corrected chi connectivity index (χ2v) is 9.24. The van der Waals surface area contributed by atoms with Crippen molar-refractivity contribution in [2.45, 2.75) is 49.8 Å². The molecule has 0 aromatic carbocycles. The van der Waals surface area contributed by atoms with Gasteiger partial charge in [-0.25, -0.2) is 18.1 Å². The van der Waals surface area contributed by atoms with Crippen molar-refractivity contribution in [3.63, 3.8) is 0 Å². The third-order valence-corrected chi connectivity index (χ3v) is 7.30. The quantitative estimate of drug-likeness (QED) is 0.882. The van der Waals surface area contributed by atoms with Crippen LogP contribution in [-0.2, 0) is 10.0 Å². The van der Waals surface area contributed by atoms with Gasteiger partial charge in [-0.3, -0.25) is 4.79 Å². The number of likely N-dealkylation sites (tertiary alicyclic amines) is 1. The molecule has 1 unspecified atom stereocenters. The van der Waals surface area contributed by atoms with Gasteiger partial charge < -0.3 is 9.30 Å². The van der Waals surface area contributed by atoms with E-state index in [9.17, 15) is 13.2 Å². The van der Waals surface area contributed by atoms with Crippen LogP contribution in [0.2, 0.25) is 0 Å². The Bertz CT molecular complexity index is 869. The first-order valence-electron chi connectivity index (χ1n) is 9.27. The van der Waals surface area contributed by atoms with Crippen LogP contribution < -0.4 is 4.72 Å². The number of sulfonamides is 1. The fraction of sp³-hybridized carbons (Fsp3) is 0.556. The number of amides is 1. The van der Waals surface area contributed by atoms with Crippen molar-refractivity contribution in [3.8, 4) is 0 Å². The molecule has 1 amide bonds. The number of carbonyl (C=O) groups is 1. The van der Waals surface area contributed by atoms with E-state index in [2.05, 4.69) is 9.71 Å². The summed E-state index contributed by atoms with van der Waals surface area (Å²) in [5, 5.41) is -0.544. The van der Waals surface area contributed by atoms with E-state index in [1.807, 2.05) is 24.4 Å². The van der Waals surface area contributed by atoms with E-state index in [-0.39, 0.29) is 18.5 Å². The Morgan fingerprint density at radius 1 is 1.15 bits per heavy atom. The van der Waals surface area contributed by atoms with Crippen molar-refractivity contribution in [2.24, 2.45) is 0 Å². The lowest BCUT2D eigenvalue weighted by molar-refractivity contribution is 0.0721. The minimum atomic E-state index is -3.41. The Kier molecular flexibility index (Phi) is 4.71. The first-order valence-corrected chi connectivity index (χ1v) is 10.8. The van der Waals surface area contributed by atoms with Crippen LogP contribution in [-0.4, -0.2) is 53.0 Å². The van der Waals surface area contributed by atoms with Crippen LogP contribution in [0.5, 0.6) is 0 Å². The number of aromatic nitrogens is 2. The number of fused-ring (bicyclic) bond motifs is 1. The Labute approximate surface area is 153 Å². The summed E-state index contributed by atoms with van der Waals surface area (Å²) < 4.78 is 30.1. The first kappa shape index (κ1) is 17.5. The fourth-order valence-electron chi connectivity index (χ4n) is 3.95. The van der Waals surface area contributed by atoms with Crippen molar-refractivity contribution in [2.75, 3.05) is 13.1 Å². The number of carbonyl (C=O) groups excluding carboxylic acids is 1. The van der Waals surface area contributed by atoms with Gasteiger partial charge in [-0.2, -0.15) is 0 Å². The van der Waals surface area contributed by atoms with Crippen LogP contribution in [0.1, 0.15) is 49.0 Å². The number of rotatable bonds is 4. The van der Waals surface area contributed by atoms with E-state index in [1.165, 1.54) is 0 Å². The molecule has 2 aliphatic rings. The van der Waals surface area contributed by atoms with Gasteiger partial charge in [0.1, 0.15) is 11.3 Å². The van der Waals surface area contributed by atoms with Gasteiger partial charge in [0.25, 0.3) is 5.91 Å². The molecule has 2 aromatic rings. The van der Waals surface area contributed by atoms with Crippen LogP contribution in [0.3, 0.4) is 0 Å². The Morgan fingerprint density at radius 3 is 2.73 bits per heavy atom. The van der Waals surface area contributed by atoms with E-state index in [0.29, 0.717) is 30.7 Å². The van der Waals surface area contributed by atoms with E-state index in [0.717, 1.165) is 25.7 Å². The predicted molar refractivity (Wildman–Crippen MR) is 98.4 cm³/mol. The minimum absolute atomic E-state index is 0.0597. The second kappa shape index (κ2) is 7.00. The van der Waals surface area contributed by atoms with Gasteiger partial charge in [0.2, 0.25) is 10.0 Å². The van der Waals surface area contributed by atoms with Crippen molar-refractivity contribution in [1.29, 1.82) is 0 Å². The zero-order valence-corrected chi connectivity index (χ0v) is 15.5. The van der Waals surface area contributed by atoms with E-state index in [4.69, 9.17) is 0 Å². The normalized spacial score (nSPS) is 22.2. The summed E-state index contributed by atoms with van der Waals surface area (Å²) in [6.07, 6.45) is 8.81. The average Bonchev–Trinajstić information content (AvgIpc) is 3.30. The summed E-state index contributed by atoms with van der Waals surface area (Å²) in [5.74, 6) is -0.200. The Hall–Kier alpha value is -1.93. The van der Waals surface area contributed by atoms with Gasteiger partial charge >= 0.3 is 0 Å². The van der Waals surface area contributed by atoms with Crippen molar-refractivity contribution in [3.05, 3.63) is 36.3 Å². The summed E-state index contributed by atoms with van der Waals surface area (Å²) in [5.41, 5.74) is 1.07. The maximum atomic E-state index is 12.8. The first-order chi connectivity index (χ1) is 12.5. The van der Waals surface area contributed by atoms with E-state index in [1.54, 1.807) is 15.5 Å². The largest absolute Gasteiger partial charge is 0.336 e. The number of pyridine rings is 1. The van der Waals surface area contributed by atoms with Gasteiger partial charge in [-0.05, 0) is 37.8 Å². The number of piperidine rings is 1. The molecule has 1 N–H and O–H groups in total. The van der Waals surface area contributed by atoms with Crippen LogP contribution in [0, 0.1) is 0 Å². The molecule has 140 valence electrons. The molecule has 1 atom stereocenters. The lowest BCUT2D eigenvalue weighted by atomic mass is 10.1. The molecule has 0 radical (unpaired) electrons. The molecule has 26 heavy (non-hydrogen) atoms. The predicted octanol–water partition coefficient (Wildman–Crippen LogP) is 1.80. The fourth-order valence-corrected chi connectivity index (χ4v) is 5.69. The molecule has 1 aliphatic carbocycles. The maximum Gasteiger partial charge on any atom is 0.274 e. The second-order valence-electron chi connectivity index (χ2n) is 7.25. The Morgan fingerprint density at radius 2 is 1.96 bits per heavy atom. The summed E-state index contributed by atoms with van der Waals surface area (Å²) >= 11 is 0. The third kappa shape index (κ3) is 3.48. The molecule has 1 aliphatic heterocycles. The van der Waals surface area contributed by atoms with Crippen molar-refractivity contribution < 1.29 is 13.2 Å². The molecule has 2 fully saturated rings. The smallest absolute Gasteiger partial charge is 0.274 e. The lowest BCUT2D eigenvalue weighted by Gasteiger charge is -2.32. The average molecular weight is 376 g/mol. The summed E-state index contributed by atoms with van der Waals surface area (Å²) in [7, 11) is -3.41. The number of imidazole rings is 1. The van der Waals surface area contributed by atoms with E-state index < -0.39 is 15.3 Å². The molecular formula is C18H24N4O3S. The van der Waals surface area contributed by atoms with Crippen LogP contribution in [0.25, 0.3) is 5.65 Å². The summed E-state index contributed by atoms with van der Waals surface area (Å²) in [6, 6.07) is 5.64. The molecule has 8 heteroatoms. The number of nitrogens with zero attached hydrogens (tertiary/aromatic N) is 3. The molecule has 4 rings (SSSR count). The van der Waals surface area contributed by atoms with Gasteiger partial charge in [0, 0.05) is 31.5 Å². The third-order valence-electron chi connectivity index (χ3n) is 5.37. The summed E-state index contributed by atoms with van der Waals surface area (Å²) in [4.78, 5) is 18.8. The Balaban J connectivity index is 1.48. The molecule has 2 aromatic heterocycles. The van der Waals surface area contributed by atoms with Crippen LogP contribution in [0.4, 0.5) is 0 Å². The lowest BCUT2D eigenvalue weighted by Crippen LogP contribution is -2.50. The number of hydrogen-bond donors (Lipinski definition) is 1. The molecule has 1 saturated heterocycles. The molecule has 0 bridgehead atoms. The number of hydrogen-bond acceptors (Lipinski definition) is 4. The summed E-state index contributed by atoms with van der Waals surface area (Å²) in [6.45, 7) is 0.802. The minimum Gasteiger partial charge on any atom is -0.336 e. The highest BCUT2D eigenvalue weighted by molar-refractivity contribution is 7.90. The number of nitrogens with one attached hydrogen (secondary N) is 1. The highest BCUT2D eigenvalue weighted by Gasteiger charge is 2.35. The van der Waals surface area contributed by atoms with Crippen LogP contribution in [0.15, 0.2) is 30.6 Å². The molecular weight excluding hydrogens is 352 g/mol. The molecule has 3 heterocycles. The van der Waals surface area contributed by atoms with Crippen LogP contribution >= 0.6 is 0 Å². The van der Waals surface area contributed by atoms with Crippen molar-refractivity contribution in [1.82, 2.24) is 19.0 Å².